The molecule has 57 heavy (non-hydrogen) atoms. The quantitative estimate of drug-likeness (QED) is 0.163. The first-order valence-corrected chi connectivity index (χ1v) is 19.4. The summed E-state index contributed by atoms with van der Waals surface area (Å²) in [6.45, 7) is 0. The van der Waals surface area contributed by atoms with E-state index < -0.39 is 0 Å². The van der Waals surface area contributed by atoms with Crippen LogP contribution < -0.4 is 4.90 Å². The van der Waals surface area contributed by atoms with Crippen LogP contribution in [0.25, 0.3) is 82.8 Å². The average Bonchev–Trinajstić information content (AvgIpc) is 3.84. The van der Waals surface area contributed by atoms with E-state index in [0.717, 1.165) is 66.9 Å². The van der Waals surface area contributed by atoms with Crippen LogP contribution in [0.3, 0.4) is 0 Å². The van der Waals surface area contributed by atoms with Crippen LogP contribution in [0.4, 0.5) is 17.1 Å². The molecule has 0 N–H and O–H groups in total. The van der Waals surface area contributed by atoms with E-state index in [-0.39, 0.29) is 0 Å². The zero-order valence-electron chi connectivity index (χ0n) is 31.1. The molecule has 0 atom stereocenters. The smallest absolute Gasteiger partial charge is 0.143 e. The lowest BCUT2D eigenvalue weighted by Crippen LogP contribution is -2.10. The van der Waals surface area contributed by atoms with Crippen LogP contribution in [0.1, 0.15) is 0 Å². The lowest BCUT2D eigenvalue weighted by molar-refractivity contribution is 0.670. The Hall–Kier alpha value is -7.62. The minimum absolute atomic E-state index is 0.890. The van der Waals surface area contributed by atoms with Gasteiger partial charge in [-0.3, -0.25) is 0 Å². The Balaban J connectivity index is 1.10. The molecule has 0 amide bonds. The van der Waals surface area contributed by atoms with Crippen molar-refractivity contribution in [2.45, 2.75) is 0 Å². The van der Waals surface area contributed by atoms with Crippen molar-refractivity contribution in [1.29, 1.82) is 0 Å². The van der Waals surface area contributed by atoms with Crippen LogP contribution in [-0.2, 0) is 0 Å². The molecule has 2 aromatic heterocycles. The van der Waals surface area contributed by atoms with Crippen LogP contribution in [0, 0.1) is 0 Å². The van der Waals surface area contributed by atoms with Crippen LogP contribution in [0.15, 0.2) is 223 Å². The lowest BCUT2D eigenvalue weighted by atomic mass is 9.92. The second kappa shape index (κ2) is 13.6. The van der Waals surface area contributed by atoms with E-state index in [1.54, 1.807) is 0 Å². The molecule has 11 aromatic rings. The van der Waals surface area contributed by atoms with Gasteiger partial charge in [-0.1, -0.05) is 152 Å². The SMILES string of the molecule is c1ccc(-c2ccc(N(c3ccc(-n4c5ccccc5c5ccccc54)cc3)c3ccc(-c4ccccc4)c(-c4cccc5c4oc4ccccc45)c3)cc2)cc1. The number of hydrogen-bond acceptors (Lipinski definition) is 2. The van der Waals surface area contributed by atoms with E-state index >= 15 is 0 Å². The highest BCUT2D eigenvalue weighted by atomic mass is 16.3. The van der Waals surface area contributed by atoms with Gasteiger partial charge in [0.15, 0.2) is 0 Å². The summed E-state index contributed by atoms with van der Waals surface area (Å²) in [5.41, 5.74) is 15.3. The van der Waals surface area contributed by atoms with E-state index in [2.05, 4.69) is 222 Å². The molecule has 0 aliphatic rings. The maximum absolute atomic E-state index is 6.65. The second-order valence-corrected chi connectivity index (χ2v) is 14.5. The first-order valence-electron chi connectivity index (χ1n) is 19.4. The number of fused-ring (bicyclic) bond motifs is 6. The Morgan fingerprint density at radius 1 is 0.333 bits per heavy atom. The summed E-state index contributed by atoms with van der Waals surface area (Å²) in [6.07, 6.45) is 0. The van der Waals surface area contributed by atoms with Gasteiger partial charge in [-0.2, -0.15) is 0 Å². The Labute approximate surface area is 330 Å². The maximum atomic E-state index is 6.65. The van der Waals surface area contributed by atoms with Crippen LogP contribution in [-0.4, -0.2) is 4.57 Å². The second-order valence-electron chi connectivity index (χ2n) is 14.5. The zero-order chi connectivity index (χ0) is 37.7. The molecule has 0 aliphatic carbocycles. The minimum atomic E-state index is 0.890. The molecule has 0 saturated heterocycles. The standard InChI is InChI=1S/C54H36N2O/c1-3-14-37(15-4-1)38-26-28-40(29-27-38)55(41-30-32-42(33-31-41)56-51-23-10-7-18-45(51)46-19-8-11-24-52(46)56)43-34-35-44(39-16-5-2-6-17-39)50(36-43)49-22-13-21-48-47-20-9-12-25-53(47)57-54(48)49/h1-36H. The molecular formula is C54H36N2O. The Kier molecular flexibility index (Phi) is 7.82. The van der Waals surface area contributed by atoms with E-state index in [1.807, 2.05) is 6.07 Å². The average molecular weight is 729 g/mol. The molecule has 11 rings (SSSR count). The molecule has 268 valence electrons. The molecule has 0 aliphatic heterocycles. The number of rotatable bonds is 7. The summed E-state index contributed by atoms with van der Waals surface area (Å²) in [4.78, 5) is 2.36. The number of anilines is 3. The molecule has 0 radical (unpaired) electrons. The monoisotopic (exact) mass is 728 g/mol. The first kappa shape index (κ1) is 32.8. The normalized spacial score (nSPS) is 11.5. The molecule has 3 heteroatoms. The fourth-order valence-electron chi connectivity index (χ4n) is 8.56. The van der Waals surface area contributed by atoms with Crippen LogP contribution >= 0.6 is 0 Å². The van der Waals surface area contributed by atoms with Crippen LogP contribution in [0.2, 0.25) is 0 Å². The Morgan fingerprint density at radius 3 is 1.54 bits per heavy atom. The number of aromatic nitrogens is 1. The van der Waals surface area contributed by atoms with Crippen LogP contribution in [0.5, 0.6) is 0 Å². The summed E-state index contributed by atoms with van der Waals surface area (Å²) in [6, 6.07) is 78.1. The fraction of sp³-hybridized carbons (Fsp3) is 0. The van der Waals surface area contributed by atoms with Crippen molar-refractivity contribution in [2.75, 3.05) is 4.90 Å². The highest BCUT2D eigenvalue weighted by Crippen LogP contribution is 2.44. The van der Waals surface area contributed by atoms with Gasteiger partial charge in [0.2, 0.25) is 0 Å². The third kappa shape index (κ3) is 5.60. The van der Waals surface area contributed by atoms with Gasteiger partial charge in [-0.05, 0) is 94.5 Å². The minimum Gasteiger partial charge on any atom is -0.455 e. The molecule has 3 nitrogen and oxygen atoms in total. The van der Waals surface area contributed by atoms with Gasteiger partial charge in [-0.15, -0.1) is 0 Å². The fourth-order valence-corrected chi connectivity index (χ4v) is 8.56. The van der Waals surface area contributed by atoms with E-state index in [9.17, 15) is 0 Å². The Morgan fingerprint density at radius 2 is 0.860 bits per heavy atom. The molecule has 0 fully saturated rings. The molecular weight excluding hydrogens is 693 g/mol. The highest BCUT2D eigenvalue weighted by molar-refractivity contribution is 6.11. The van der Waals surface area contributed by atoms with Gasteiger partial charge >= 0.3 is 0 Å². The summed E-state index contributed by atoms with van der Waals surface area (Å²) >= 11 is 0. The molecule has 0 saturated carbocycles. The van der Waals surface area contributed by atoms with Crippen molar-refractivity contribution in [3.05, 3.63) is 218 Å². The van der Waals surface area contributed by atoms with Crippen molar-refractivity contribution in [2.24, 2.45) is 0 Å². The zero-order valence-corrected chi connectivity index (χ0v) is 31.1. The number of furan rings is 1. The highest BCUT2D eigenvalue weighted by Gasteiger charge is 2.20. The van der Waals surface area contributed by atoms with Gasteiger partial charge < -0.3 is 13.9 Å². The summed E-state index contributed by atoms with van der Waals surface area (Å²) in [7, 11) is 0. The lowest BCUT2D eigenvalue weighted by Gasteiger charge is -2.27. The van der Waals surface area contributed by atoms with Crippen molar-refractivity contribution >= 4 is 60.8 Å². The molecule has 9 aromatic carbocycles. The number of para-hydroxylation sites is 4. The molecule has 2 heterocycles. The third-order valence-corrected chi connectivity index (χ3v) is 11.2. The topological polar surface area (TPSA) is 21.3 Å². The summed E-state index contributed by atoms with van der Waals surface area (Å²) in [5.74, 6) is 0. The predicted octanol–water partition coefficient (Wildman–Crippen LogP) is 15.2. The van der Waals surface area contributed by atoms with Crippen molar-refractivity contribution < 1.29 is 4.42 Å². The van der Waals surface area contributed by atoms with Gasteiger partial charge in [-0.25, -0.2) is 0 Å². The first-order chi connectivity index (χ1) is 28.3. The van der Waals surface area contributed by atoms with E-state index in [0.29, 0.717) is 0 Å². The largest absolute Gasteiger partial charge is 0.455 e. The summed E-state index contributed by atoms with van der Waals surface area (Å²) < 4.78 is 9.02. The van der Waals surface area contributed by atoms with Gasteiger partial charge in [0, 0.05) is 49.9 Å². The van der Waals surface area contributed by atoms with Gasteiger partial charge in [0.1, 0.15) is 11.2 Å². The molecule has 0 bridgehead atoms. The van der Waals surface area contributed by atoms with E-state index in [1.165, 1.54) is 32.9 Å². The van der Waals surface area contributed by atoms with Crippen molar-refractivity contribution in [3.63, 3.8) is 0 Å². The third-order valence-electron chi connectivity index (χ3n) is 11.2. The van der Waals surface area contributed by atoms with Gasteiger partial charge in [0.05, 0.1) is 11.0 Å². The summed E-state index contributed by atoms with van der Waals surface area (Å²) in [5, 5.41) is 4.74. The maximum Gasteiger partial charge on any atom is 0.143 e. The van der Waals surface area contributed by atoms with Crippen molar-refractivity contribution in [1.82, 2.24) is 4.57 Å². The number of benzene rings is 9. The van der Waals surface area contributed by atoms with Crippen molar-refractivity contribution in [3.8, 4) is 39.1 Å². The van der Waals surface area contributed by atoms with E-state index in [4.69, 9.17) is 4.42 Å². The molecule has 0 spiro atoms. The number of hydrogen-bond donors (Lipinski definition) is 0. The van der Waals surface area contributed by atoms with Gasteiger partial charge in [0.25, 0.3) is 0 Å². The number of nitrogens with zero attached hydrogens (tertiary/aromatic N) is 2. The predicted molar refractivity (Wildman–Crippen MR) is 239 cm³/mol. The molecule has 0 unspecified atom stereocenters. The Bertz CT molecular complexity index is 3160.